The van der Waals surface area contributed by atoms with Gasteiger partial charge in [-0.25, -0.2) is 0 Å². The number of hydrogen-bond acceptors (Lipinski definition) is 6. The van der Waals surface area contributed by atoms with E-state index in [1.54, 1.807) is 29.9 Å². The van der Waals surface area contributed by atoms with Crippen LogP contribution in [0.15, 0.2) is 29.1 Å². The molecule has 1 unspecified atom stereocenters. The van der Waals surface area contributed by atoms with E-state index in [4.69, 9.17) is 33.2 Å². The molecule has 0 aliphatic rings. The zero-order chi connectivity index (χ0) is 18.6. The molecule has 0 fully saturated rings. The first-order chi connectivity index (χ1) is 11.9. The fourth-order valence-corrected chi connectivity index (χ4v) is 2.68. The van der Waals surface area contributed by atoms with E-state index in [2.05, 4.69) is 4.98 Å². The molecule has 1 heterocycles. The van der Waals surface area contributed by atoms with Gasteiger partial charge in [-0.15, -0.1) is 0 Å². The molecule has 0 saturated carbocycles. The zero-order valence-corrected chi connectivity index (χ0v) is 14.8. The maximum absolute atomic E-state index is 11.9. The molecule has 0 saturated heterocycles. The first-order valence-electron chi connectivity index (χ1n) is 7.48. The number of ether oxygens (including phenoxy) is 2. The number of nitrogens with two attached hydrogens (primary N) is 2. The van der Waals surface area contributed by atoms with Crippen LogP contribution >= 0.6 is 12.2 Å². The van der Waals surface area contributed by atoms with E-state index in [1.807, 2.05) is 0 Å². The van der Waals surface area contributed by atoms with Crippen LogP contribution in [-0.4, -0.2) is 35.7 Å². The lowest BCUT2D eigenvalue weighted by Gasteiger charge is -2.17. The highest BCUT2D eigenvalue weighted by atomic mass is 32.1. The molecule has 134 valence electrons. The topological polar surface area (TPSA) is 125 Å². The molecule has 0 bridgehead atoms. The zero-order valence-electron chi connectivity index (χ0n) is 13.9. The van der Waals surface area contributed by atoms with Crippen LogP contribution in [0.1, 0.15) is 6.42 Å². The Kier molecular flexibility index (Phi) is 5.94. The molecule has 5 N–H and O–H groups in total. The minimum atomic E-state index is -0.806. The predicted molar refractivity (Wildman–Crippen MR) is 96.2 cm³/mol. The first-order valence-corrected chi connectivity index (χ1v) is 7.89. The Hall–Kier alpha value is -2.65. The van der Waals surface area contributed by atoms with Gasteiger partial charge in [-0.3, -0.25) is 14.6 Å². The lowest BCUT2D eigenvalue weighted by atomic mass is 10.1. The average Bonchev–Trinajstić information content (AvgIpc) is 2.59. The van der Waals surface area contributed by atoms with Crippen molar-refractivity contribution in [2.45, 2.75) is 19.0 Å². The number of benzene rings is 1. The number of primary amides is 1. The fraction of sp³-hybridized carbons (Fsp3) is 0.312. The van der Waals surface area contributed by atoms with Crippen LogP contribution in [0.3, 0.4) is 0 Å². The lowest BCUT2D eigenvalue weighted by Crippen LogP contribution is -2.37. The second-order valence-electron chi connectivity index (χ2n) is 5.34. The van der Waals surface area contributed by atoms with E-state index < -0.39 is 11.9 Å². The van der Waals surface area contributed by atoms with Gasteiger partial charge in [0.2, 0.25) is 5.91 Å². The van der Waals surface area contributed by atoms with Crippen LogP contribution in [0.5, 0.6) is 11.5 Å². The molecule has 1 amide bonds. The number of H-pyrrole nitrogens is 1. The highest BCUT2D eigenvalue weighted by Gasteiger charge is 2.15. The number of nitrogens with zero attached hydrogens (tertiary/aromatic N) is 1. The molecule has 0 aliphatic carbocycles. The van der Waals surface area contributed by atoms with Gasteiger partial charge in [0, 0.05) is 24.2 Å². The van der Waals surface area contributed by atoms with E-state index in [0.29, 0.717) is 29.3 Å². The Morgan fingerprint density at radius 1 is 1.32 bits per heavy atom. The van der Waals surface area contributed by atoms with Crippen LogP contribution in [0.4, 0.5) is 0 Å². The van der Waals surface area contributed by atoms with Gasteiger partial charge in [0.25, 0.3) is 5.56 Å². The van der Waals surface area contributed by atoms with Crippen molar-refractivity contribution in [2.75, 3.05) is 14.2 Å². The second kappa shape index (κ2) is 7.95. The number of carbonyl (C=O) groups is 1. The van der Waals surface area contributed by atoms with Crippen LogP contribution < -0.4 is 26.5 Å². The molecule has 2 rings (SSSR count). The molecule has 2 aromatic rings. The normalized spacial score (nSPS) is 11.8. The van der Waals surface area contributed by atoms with Crippen LogP contribution in [0.25, 0.3) is 11.3 Å². The summed E-state index contributed by atoms with van der Waals surface area (Å²) in [7, 11) is 3.07. The lowest BCUT2D eigenvalue weighted by molar-refractivity contribution is -0.119. The number of aromatic nitrogens is 2. The minimum absolute atomic E-state index is 0.219. The molecule has 1 aromatic carbocycles. The number of nitrogens with one attached hydrogen (secondary N) is 1. The molecule has 8 nitrogen and oxygen atoms in total. The van der Waals surface area contributed by atoms with Gasteiger partial charge >= 0.3 is 0 Å². The SMILES string of the molecule is COc1ccc(-c2cc(=O)[nH]c(=S)n2CCC(N)C(N)=O)c(OC)c1. The van der Waals surface area contributed by atoms with Crippen molar-refractivity contribution in [1.29, 1.82) is 0 Å². The quantitative estimate of drug-likeness (QED) is 0.624. The van der Waals surface area contributed by atoms with E-state index >= 15 is 0 Å². The largest absolute Gasteiger partial charge is 0.497 e. The number of hydrogen-bond donors (Lipinski definition) is 3. The molecular weight excluding hydrogens is 344 g/mol. The highest BCUT2D eigenvalue weighted by molar-refractivity contribution is 7.71. The maximum atomic E-state index is 11.9. The monoisotopic (exact) mass is 364 g/mol. The predicted octanol–water partition coefficient (Wildman–Crippen LogP) is 0.793. The summed E-state index contributed by atoms with van der Waals surface area (Å²) < 4.78 is 12.5. The molecule has 0 spiro atoms. The number of amides is 1. The average molecular weight is 364 g/mol. The molecule has 1 atom stereocenters. The summed E-state index contributed by atoms with van der Waals surface area (Å²) in [5.74, 6) is 0.540. The van der Waals surface area contributed by atoms with Crippen molar-refractivity contribution in [3.05, 3.63) is 39.4 Å². The summed E-state index contributed by atoms with van der Waals surface area (Å²) in [4.78, 5) is 25.6. The van der Waals surface area contributed by atoms with Crippen molar-refractivity contribution in [3.8, 4) is 22.8 Å². The van der Waals surface area contributed by atoms with Gasteiger partial charge in [0.05, 0.1) is 26.0 Å². The van der Waals surface area contributed by atoms with Gasteiger partial charge < -0.3 is 25.5 Å². The van der Waals surface area contributed by atoms with Gasteiger partial charge in [0.1, 0.15) is 11.5 Å². The highest BCUT2D eigenvalue weighted by Crippen LogP contribution is 2.32. The third-order valence-corrected chi connectivity index (χ3v) is 4.07. The van der Waals surface area contributed by atoms with Crippen LogP contribution in [0, 0.1) is 4.77 Å². The number of rotatable bonds is 7. The van der Waals surface area contributed by atoms with Crippen molar-refractivity contribution in [2.24, 2.45) is 11.5 Å². The van der Waals surface area contributed by atoms with Crippen LogP contribution in [0.2, 0.25) is 0 Å². The van der Waals surface area contributed by atoms with Crippen molar-refractivity contribution < 1.29 is 14.3 Å². The summed E-state index contributed by atoms with van der Waals surface area (Å²) in [5.41, 5.74) is 11.8. The number of methoxy groups -OCH3 is 2. The standard InChI is InChI=1S/C16H20N4O4S/c1-23-9-3-4-10(13(7-9)24-2)12-8-14(21)19-16(25)20(12)6-5-11(17)15(18)22/h3-4,7-8,11H,5-6,17H2,1-2H3,(H2,18,22)(H,19,21,25). The number of aromatic amines is 1. The Balaban J connectivity index is 2.55. The van der Waals surface area contributed by atoms with Crippen molar-refractivity contribution in [1.82, 2.24) is 9.55 Å². The van der Waals surface area contributed by atoms with Gasteiger partial charge in [-0.05, 0) is 30.8 Å². The van der Waals surface area contributed by atoms with E-state index in [-0.39, 0.29) is 16.8 Å². The summed E-state index contributed by atoms with van der Waals surface area (Å²) in [5, 5.41) is 0. The minimum Gasteiger partial charge on any atom is -0.497 e. The van der Waals surface area contributed by atoms with E-state index in [9.17, 15) is 9.59 Å². The van der Waals surface area contributed by atoms with Gasteiger partial charge in [0.15, 0.2) is 4.77 Å². The van der Waals surface area contributed by atoms with Gasteiger partial charge in [-0.2, -0.15) is 0 Å². The van der Waals surface area contributed by atoms with E-state index in [0.717, 1.165) is 0 Å². The molecule has 1 aromatic heterocycles. The summed E-state index contributed by atoms with van der Waals surface area (Å²) in [6.45, 7) is 0.310. The first kappa shape index (κ1) is 18.7. The Bertz CT molecular complexity index is 890. The maximum Gasteiger partial charge on any atom is 0.252 e. The van der Waals surface area contributed by atoms with Crippen molar-refractivity contribution in [3.63, 3.8) is 0 Å². The smallest absolute Gasteiger partial charge is 0.252 e. The Labute approximate surface area is 149 Å². The Morgan fingerprint density at radius 2 is 2.04 bits per heavy atom. The molecule has 9 heteroatoms. The molecular formula is C16H20N4O4S. The van der Waals surface area contributed by atoms with Crippen molar-refractivity contribution >= 4 is 18.1 Å². The summed E-state index contributed by atoms with van der Waals surface area (Å²) >= 11 is 5.26. The summed E-state index contributed by atoms with van der Waals surface area (Å²) in [6.07, 6.45) is 0.279. The fourth-order valence-electron chi connectivity index (χ4n) is 2.39. The molecule has 0 aliphatic heterocycles. The third kappa shape index (κ3) is 4.25. The van der Waals surface area contributed by atoms with Gasteiger partial charge in [-0.1, -0.05) is 0 Å². The molecule has 25 heavy (non-hydrogen) atoms. The van der Waals surface area contributed by atoms with E-state index in [1.165, 1.54) is 13.2 Å². The van der Waals surface area contributed by atoms with Crippen LogP contribution in [-0.2, 0) is 11.3 Å². The third-order valence-electron chi connectivity index (χ3n) is 3.75. The number of carbonyl (C=O) groups excluding carboxylic acids is 1. The Morgan fingerprint density at radius 3 is 2.64 bits per heavy atom. The second-order valence-corrected chi connectivity index (χ2v) is 5.73. The molecule has 0 radical (unpaired) electrons. The summed E-state index contributed by atoms with van der Waals surface area (Å²) in [6, 6.07) is 5.84.